The first-order valence-electron chi connectivity index (χ1n) is 4.52. The van der Waals surface area contributed by atoms with Crippen LogP contribution in [0.25, 0.3) is 0 Å². The molecule has 1 nitrogen and oxygen atoms in total. The van der Waals surface area contributed by atoms with Crippen LogP contribution in [0.15, 0.2) is 15.0 Å². The lowest BCUT2D eigenvalue weighted by Gasteiger charge is -2.25. The average molecular weight is 323 g/mol. The Balaban J connectivity index is 2.54. The molecule has 1 aliphatic heterocycles. The maximum absolute atomic E-state index is 13.5. The number of nitrogens with one attached hydrogen (secondary N) is 1. The average Bonchev–Trinajstić information content (AvgIpc) is 2.14. The Bertz CT molecular complexity index is 379. The summed E-state index contributed by atoms with van der Waals surface area (Å²) in [6.45, 7) is 2.13. The molecule has 1 N–H and O–H groups in total. The summed E-state index contributed by atoms with van der Waals surface area (Å²) < 4.78 is 14.6. The molecular formula is C10H10Br2FN. The fraction of sp³-hybridized carbons (Fsp3) is 0.400. The van der Waals surface area contributed by atoms with Gasteiger partial charge in [-0.3, -0.25) is 0 Å². The minimum atomic E-state index is -0.208. The summed E-state index contributed by atoms with van der Waals surface area (Å²) in [5, 5.41) is 3.34. The van der Waals surface area contributed by atoms with E-state index < -0.39 is 0 Å². The van der Waals surface area contributed by atoms with Crippen LogP contribution >= 0.6 is 31.9 Å². The van der Waals surface area contributed by atoms with Crippen LogP contribution in [0.5, 0.6) is 0 Å². The van der Waals surface area contributed by atoms with Crippen molar-refractivity contribution in [3.05, 3.63) is 26.4 Å². The smallest absolute Gasteiger partial charge is 0.151 e. The molecule has 1 heterocycles. The van der Waals surface area contributed by atoms with Crippen LogP contribution in [-0.4, -0.2) is 6.04 Å². The third-order valence-corrected chi connectivity index (χ3v) is 3.90. The highest BCUT2D eigenvalue weighted by atomic mass is 79.9. The summed E-state index contributed by atoms with van der Waals surface area (Å²) >= 11 is 6.49. The fourth-order valence-corrected chi connectivity index (χ4v) is 3.02. The Morgan fingerprint density at radius 2 is 2.21 bits per heavy atom. The zero-order valence-corrected chi connectivity index (χ0v) is 10.9. The van der Waals surface area contributed by atoms with Crippen molar-refractivity contribution < 1.29 is 4.39 Å². The van der Waals surface area contributed by atoms with Gasteiger partial charge in [0.05, 0.1) is 8.95 Å². The van der Waals surface area contributed by atoms with E-state index in [0.29, 0.717) is 15.0 Å². The van der Waals surface area contributed by atoms with Crippen LogP contribution < -0.4 is 5.32 Å². The Morgan fingerprint density at radius 3 is 2.93 bits per heavy atom. The van der Waals surface area contributed by atoms with Gasteiger partial charge in [0.2, 0.25) is 0 Å². The van der Waals surface area contributed by atoms with Gasteiger partial charge in [-0.1, -0.05) is 0 Å². The first kappa shape index (κ1) is 10.4. The number of anilines is 1. The SMILES string of the molecule is C[C@@H]1CCc2c(cc(Br)c(F)c2Br)N1. The molecule has 76 valence electrons. The molecule has 0 aliphatic carbocycles. The van der Waals surface area contributed by atoms with Gasteiger partial charge in [0.15, 0.2) is 5.82 Å². The Hall–Kier alpha value is -0.0900. The van der Waals surface area contributed by atoms with Crippen molar-refractivity contribution in [3.8, 4) is 0 Å². The van der Waals surface area contributed by atoms with Gasteiger partial charge < -0.3 is 5.32 Å². The molecule has 0 aromatic heterocycles. The van der Waals surface area contributed by atoms with E-state index in [-0.39, 0.29) is 5.82 Å². The molecule has 0 saturated heterocycles. The number of rotatable bonds is 0. The fourth-order valence-electron chi connectivity index (χ4n) is 1.70. The minimum Gasteiger partial charge on any atom is -0.382 e. The molecule has 1 atom stereocenters. The normalized spacial score (nSPS) is 20.1. The number of benzene rings is 1. The van der Waals surface area contributed by atoms with Crippen LogP contribution in [0, 0.1) is 5.82 Å². The number of hydrogen-bond acceptors (Lipinski definition) is 1. The van der Waals surface area contributed by atoms with Gasteiger partial charge in [0, 0.05) is 11.7 Å². The first-order chi connectivity index (χ1) is 6.59. The molecule has 14 heavy (non-hydrogen) atoms. The second kappa shape index (κ2) is 3.81. The lowest BCUT2D eigenvalue weighted by atomic mass is 9.99. The number of hydrogen-bond donors (Lipinski definition) is 1. The predicted molar refractivity (Wildman–Crippen MR) is 63.2 cm³/mol. The van der Waals surface area contributed by atoms with E-state index in [1.54, 1.807) is 0 Å². The third-order valence-electron chi connectivity index (χ3n) is 2.49. The highest BCUT2D eigenvalue weighted by Crippen LogP contribution is 2.36. The van der Waals surface area contributed by atoms with Gasteiger partial charge in [0.1, 0.15) is 0 Å². The van der Waals surface area contributed by atoms with E-state index >= 15 is 0 Å². The third kappa shape index (κ3) is 1.70. The van der Waals surface area contributed by atoms with Crippen molar-refractivity contribution in [2.24, 2.45) is 0 Å². The maximum atomic E-state index is 13.5. The topological polar surface area (TPSA) is 12.0 Å². The van der Waals surface area contributed by atoms with Gasteiger partial charge in [-0.25, -0.2) is 4.39 Å². The van der Waals surface area contributed by atoms with Crippen molar-refractivity contribution >= 4 is 37.5 Å². The van der Waals surface area contributed by atoms with Gasteiger partial charge in [-0.05, 0) is 63.3 Å². The van der Waals surface area contributed by atoms with E-state index in [1.807, 2.05) is 6.07 Å². The lowest BCUT2D eigenvalue weighted by Crippen LogP contribution is -2.22. The van der Waals surface area contributed by atoms with Gasteiger partial charge in [0.25, 0.3) is 0 Å². The quantitative estimate of drug-likeness (QED) is 0.709. The molecule has 0 fully saturated rings. The van der Waals surface area contributed by atoms with E-state index in [4.69, 9.17) is 0 Å². The molecule has 1 aliphatic rings. The molecule has 0 unspecified atom stereocenters. The van der Waals surface area contributed by atoms with Crippen LogP contribution in [0.1, 0.15) is 18.9 Å². The summed E-state index contributed by atoms with van der Waals surface area (Å²) in [7, 11) is 0. The standard InChI is InChI=1S/C10H10Br2FN/c1-5-2-3-6-8(14-5)4-7(11)10(13)9(6)12/h4-5,14H,2-3H2,1H3/t5-/m1/s1. The molecule has 1 aromatic carbocycles. The second-order valence-electron chi connectivity index (χ2n) is 3.60. The Kier molecular flexibility index (Phi) is 2.84. The van der Waals surface area contributed by atoms with Crippen LogP contribution in [-0.2, 0) is 6.42 Å². The van der Waals surface area contributed by atoms with Gasteiger partial charge in [-0.2, -0.15) is 0 Å². The van der Waals surface area contributed by atoms with Crippen LogP contribution in [0.2, 0.25) is 0 Å². The van der Waals surface area contributed by atoms with Gasteiger partial charge in [-0.15, -0.1) is 0 Å². The van der Waals surface area contributed by atoms with Crippen LogP contribution in [0.4, 0.5) is 10.1 Å². The number of halogens is 3. The van der Waals surface area contributed by atoms with E-state index in [1.165, 1.54) is 0 Å². The van der Waals surface area contributed by atoms with Crippen molar-refractivity contribution in [2.75, 3.05) is 5.32 Å². The lowest BCUT2D eigenvalue weighted by molar-refractivity contribution is 0.603. The Labute approximate surface area is 99.3 Å². The largest absolute Gasteiger partial charge is 0.382 e. The molecule has 0 bridgehead atoms. The summed E-state index contributed by atoms with van der Waals surface area (Å²) in [6.07, 6.45) is 1.97. The molecule has 2 rings (SSSR count). The van der Waals surface area contributed by atoms with Crippen molar-refractivity contribution in [1.82, 2.24) is 0 Å². The van der Waals surface area contributed by atoms with Crippen LogP contribution in [0.3, 0.4) is 0 Å². The highest BCUT2D eigenvalue weighted by molar-refractivity contribution is 9.11. The van der Waals surface area contributed by atoms with Crippen molar-refractivity contribution in [1.29, 1.82) is 0 Å². The van der Waals surface area contributed by atoms with E-state index in [0.717, 1.165) is 24.1 Å². The molecule has 1 aromatic rings. The van der Waals surface area contributed by atoms with Crippen molar-refractivity contribution in [2.45, 2.75) is 25.8 Å². The molecule has 0 radical (unpaired) electrons. The van der Waals surface area contributed by atoms with Crippen molar-refractivity contribution in [3.63, 3.8) is 0 Å². The monoisotopic (exact) mass is 321 g/mol. The van der Waals surface area contributed by atoms with Gasteiger partial charge >= 0.3 is 0 Å². The zero-order chi connectivity index (χ0) is 10.3. The second-order valence-corrected chi connectivity index (χ2v) is 5.24. The first-order valence-corrected chi connectivity index (χ1v) is 6.11. The molecular weight excluding hydrogens is 313 g/mol. The molecule has 0 spiro atoms. The molecule has 0 amide bonds. The summed E-state index contributed by atoms with van der Waals surface area (Å²) in [6, 6.07) is 2.28. The van der Waals surface area contributed by atoms with E-state index in [9.17, 15) is 4.39 Å². The highest BCUT2D eigenvalue weighted by Gasteiger charge is 2.20. The molecule has 4 heteroatoms. The Morgan fingerprint density at radius 1 is 1.50 bits per heavy atom. The minimum absolute atomic E-state index is 0.208. The van der Waals surface area contributed by atoms with E-state index in [2.05, 4.69) is 44.1 Å². The summed E-state index contributed by atoms with van der Waals surface area (Å²) in [5.74, 6) is -0.208. The summed E-state index contributed by atoms with van der Waals surface area (Å²) in [5.41, 5.74) is 2.08. The molecule has 0 saturated carbocycles. The zero-order valence-electron chi connectivity index (χ0n) is 7.70. The predicted octanol–water partition coefficient (Wildman–Crippen LogP) is 4.10. The maximum Gasteiger partial charge on any atom is 0.151 e. The summed E-state index contributed by atoms with van der Waals surface area (Å²) in [4.78, 5) is 0. The number of fused-ring (bicyclic) bond motifs is 1.